The Morgan fingerprint density at radius 3 is 2.53 bits per heavy atom. The molecule has 1 fully saturated rings. The Labute approximate surface area is 85.1 Å². The lowest BCUT2D eigenvalue weighted by molar-refractivity contribution is -0.154. The molecular formula is C10H10F3NO. The van der Waals surface area contributed by atoms with E-state index < -0.39 is 12.8 Å². The Hall–Kier alpha value is -1.26. The van der Waals surface area contributed by atoms with Crippen molar-refractivity contribution in [1.29, 1.82) is 0 Å². The van der Waals surface area contributed by atoms with Crippen molar-refractivity contribution in [2.24, 2.45) is 0 Å². The minimum atomic E-state index is -4.31. The molecule has 0 aliphatic heterocycles. The minimum Gasteiger partial charge on any atom is -0.468 e. The van der Waals surface area contributed by atoms with E-state index in [-0.39, 0.29) is 5.88 Å². The number of alkyl halides is 3. The molecule has 82 valence electrons. The molecule has 5 heteroatoms. The lowest BCUT2D eigenvalue weighted by atomic mass is 10.2. The van der Waals surface area contributed by atoms with Gasteiger partial charge in [0.05, 0.1) is 0 Å². The Balaban J connectivity index is 1.92. The fraction of sp³-hybridized carbons (Fsp3) is 0.500. The standard InChI is InChI=1S/C10H10F3NO/c11-10(12,13)6-15-9-4-3-8(5-14-9)7-1-2-7/h3-5,7H,1-2,6H2. The van der Waals surface area contributed by atoms with E-state index in [1.54, 1.807) is 12.3 Å². The summed E-state index contributed by atoms with van der Waals surface area (Å²) >= 11 is 0. The summed E-state index contributed by atoms with van der Waals surface area (Å²) in [6.45, 7) is -1.29. The second kappa shape index (κ2) is 3.72. The Morgan fingerprint density at radius 1 is 1.33 bits per heavy atom. The smallest absolute Gasteiger partial charge is 0.422 e. The lowest BCUT2D eigenvalue weighted by Gasteiger charge is -2.08. The second-order valence-corrected chi connectivity index (χ2v) is 3.61. The van der Waals surface area contributed by atoms with E-state index in [0.717, 1.165) is 18.4 Å². The number of nitrogens with zero attached hydrogens (tertiary/aromatic N) is 1. The molecule has 1 aliphatic rings. The van der Waals surface area contributed by atoms with Crippen LogP contribution in [-0.4, -0.2) is 17.8 Å². The first-order valence-corrected chi connectivity index (χ1v) is 4.70. The molecule has 0 aromatic carbocycles. The molecule has 15 heavy (non-hydrogen) atoms. The predicted octanol–water partition coefficient (Wildman–Crippen LogP) is 2.90. The molecule has 1 saturated carbocycles. The van der Waals surface area contributed by atoms with E-state index in [9.17, 15) is 13.2 Å². The summed E-state index contributed by atoms with van der Waals surface area (Å²) in [5, 5.41) is 0. The molecule has 0 amide bonds. The second-order valence-electron chi connectivity index (χ2n) is 3.61. The van der Waals surface area contributed by atoms with Crippen molar-refractivity contribution >= 4 is 0 Å². The van der Waals surface area contributed by atoms with Crippen molar-refractivity contribution in [1.82, 2.24) is 4.98 Å². The molecule has 1 aliphatic carbocycles. The predicted molar refractivity (Wildman–Crippen MR) is 47.8 cm³/mol. The lowest BCUT2D eigenvalue weighted by Crippen LogP contribution is -2.19. The highest BCUT2D eigenvalue weighted by molar-refractivity contribution is 5.24. The van der Waals surface area contributed by atoms with Crippen LogP contribution in [0.5, 0.6) is 5.88 Å². The van der Waals surface area contributed by atoms with Crippen LogP contribution >= 0.6 is 0 Å². The van der Waals surface area contributed by atoms with Gasteiger partial charge in [0.25, 0.3) is 0 Å². The molecule has 2 nitrogen and oxygen atoms in total. The molecule has 0 spiro atoms. The van der Waals surface area contributed by atoms with Gasteiger partial charge in [-0.2, -0.15) is 13.2 Å². The van der Waals surface area contributed by atoms with Crippen LogP contribution in [0.25, 0.3) is 0 Å². The first-order valence-electron chi connectivity index (χ1n) is 4.70. The minimum absolute atomic E-state index is 0.0247. The third-order valence-corrected chi connectivity index (χ3v) is 2.19. The van der Waals surface area contributed by atoms with Crippen LogP contribution in [0.15, 0.2) is 18.3 Å². The van der Waals surface area contributed by atoms with Gasteiger partial charge >= 0.3 is 6.18 Å². The van der Waals surface area contributed by atoms with Gasteiger partial charge in [0.2, 0.25) is 5.88 Å². The Morgan fingerprint density at radius 2 is 2.07 bits per heavy atom. The molecule has 1 heterocycles. The maximum Gasteiger partial charge on any atom is 0.422 e. The van der Waals surface area contributed by atoms with Crippen molar-refractivity contribution in [3.63, 3.8) is 0 Å². The zero-order valence-electron chi connectivity index (χ0n) is 7.92. The number of ether oxygens (including phenoxy) is 1. The molecule has 0 N–H and O–H groups in total. The highest BCUT2D eigenvalue weighted by atomic mass is 19.4. The van der Waals surface area contributed by atoms with Crippen molar-refractivity contribution in [2.75, 3.05) is 6.61 Å². The van der Waals surface area contributed by atoms with Gasteiger partial charge < -0.3 is 4.74 Å². The summed E-state index contributed by atoms with van der Waals surface area (Å²) in [5.41, 5.74) is 1.08. The van der Waals surface area contributed by atoms with Crippen LogP contribution in [-0.2, 0) is 0 Å². The maximum absolute atomic E-state index is 11.8. The van der Waals surface area contributed by atoms with Gasteiger partial charge in [-0.25, -0.2) is 4.98 Å². The fourth-order valence-electron chi connectivity index (χ4n) is 1.29. The normalized spacial score (nSPS) is 16.5. The number of aromatic nitrogens is 1. The quantitative estimate of drug-likeness (QED) is 0.776. The number of rotatable bonds is 3. The van der Waals surface area contributed by atoms with E-state index >= 15 is 0 Å². The molecule has 1 aromatic rings. The third kappa shape index (κ3) is 3.11. The number of hydrogen-bond donors (Lipinski definition) is 0. The number of pyridine rings is 1. The molecule has 0 unspecified atom stereocenters. The Kier molecular flexibility index (Phi) is 2.54. The van der Waals surface area contributed by atoms with Crippen LogP contribution in [0.2, 0.25) is 0 Å². The van der Waals surface area contributed by atoms with Gasteiger partial charge in [0.15, 0.2) is 6.61 Å². The van der Waals surface area contributed by atoms with Crippen LogP contribution in [0.4, 0.5) is 13.2 Å². The number of hydrogen-bond acceptors (Lipinski definition) is 2. The molecule has 0 atom stereocenters. The van der Waals surface area contributed by atoms with Crippen molar-refractivity contribution in [3.8, 4) is 5.88 Å². The van der Waals surface area contributed by atoms with E-state index in [1.165, 1.54) is 6.07 Å². The summed E-state index contributed by atoms with van der Waals surface area (Å²) in [5.74, 6) is 0.575. The number of halogens is 3. The molecule has 1 aromatic heterocycles. The van der Waals surface area contributed by atoms with Gasteiger partial charge in [-0.3, -0.25) is 0 Å². The van der Waals surface area contributed by atoms with Gasteiger partial charge in [0, 0.05) is 12.3 Å². The average molecular weight is 217 g/mol. The average Bonchev–Trinajstić information content (AvgIpc) is 2.98. The van der Waals surface area contributed by atoms with Gasteiger partial charge in [0.1, 0.15) is 0 Å². The van der Waals surface area contributed by atoms with Crippen LogP contribution in [0, 0.1) is 0 Å². The highest BCUT2D eigenvalue weighted by Crippen LogP contribution is 2.39. The first-order chi connectivity index (χ1) is 7.04. The topological polar surface area (TPSA) is 22.1 Å². The molecule has 0 radical (unpaired) electrons. The van der Waals surface area contributed by atoms with Crippen molar-refractivity contribution in [3.05, 3.63) is 23.9 Å². The monoisotopic (exact) mass is 217 g/mol. The summed E-state index contributed by atoms with van der Waals surface area (Å²) in [4.78, 5) is 3.82. The largest absolute Gasteiger partial charge is 0.468 e. The molecule has 0 saturated heterocycles. The van der Waals surface area contributed by atoms with E-state index in [2.05, 4.69) is 9.72 Å². The zero-order valence-corrected chi connectivity index (χ0v) is 7.92. The van der Waals surface area contributed by atoms with E-state index in [4.69, 9.17) is 0 Å². The third-order valence-electron chi connectivity index (χ3n) is 2.19. The first kappa shape index (κ1) is 10.3. The highest BCUT2D eigenvalue weighted by Gasteiger charge is 2.29. The zero-order chi connectivity index (χ0) is 10.9. The SMILES string of the molecule is FC(F)(F)COc1ccc(C2CC2)cn1. The summed E-state index contributed by atoms with van der Waals surface area (Å²) < 4.78 is 39.9. The van der Waals surface area contributed by atoms with Gasteiger partial charge in [-0.15, -0.1) is 0 Å². The Bertz CT molecular complexity index is 330. The molecule has 2 rings (SSSR count). The van der Waals surface area contributed by atoms with E-state index in [1.807, 2.05) is 0 Å². The summed E-state index contributed by atoms with van der Waals surface area (Å²) in [6.07, 6.45) is -0.435. The van der Waals surface area contributed by atoms with E-state index in [0.29, 0.717) is 5.92 Å². The van der Waals surface area contributed by atoms with Crippen LogP contribution < -0.4 is 4.74 Å². The van der Waals surface area contributed by atoms with Gasteiger partial charge in [-0.1, -0.05) is 6.07 Å². The fourth-order valence-corrected chi connectivity index (χ4v) is 1.29. The molecule has 0 bridgehead atoms. The van der Waals surface area contributed by atoms with Crippen molar-refractivity contribution < 1.29 is 17.9 Å². The van der Waals surface area contributed by atoms with Crippen LogP contribution in [0.1, 0.15) is 24.3 Å². The van der Waals surface area contributed by atoms with Gasteiger partial charge in [-0.05, 0) is 24.3 Å². The van der Waals surface area contributed by atoms with Crippen molar-refractivity contribution in [2.45, 2.75) is 24.9 Å². The molecular weight excluding hydrogens is 207 g/mol. The summed E-state index contributed by atoms with van der Waals surface area (Å²) in [7, 11) is 0. The maximum atomic E-state index is 11.8. The summed E-state index contributed by atoms with van der Waals surface area (Å²) in [6, 6.07) is 3.26. The van der Waals surface area contributed by atoms with Crippen LogP contribution in [0.3, 0.4) is 0 Å².